The second-order valence-corrected chi connectivity index (χ2v) is 7.32. The molecule has 0 unspecified atom stereocenters. The van der Waals surface area contributed by atoms with E-state index >= 15 is 0 Å². The summed E-state index contributed by atoms with van der Waals surface area (Å²) in [5, 5.41) is 3.60. The van der Waals surface area contributed by atoms with E-state index in [1.807, 2.05) is 6.92 Å². The number of nitrogens with zero attached hydrogens (tertiary/aromatic N) is 1. The number of imide groups is 1. The highest BCUT2D eigenvalue weighted by Crippen LogP contribution is 2.38. The van der Waals surface area contributed by atoms with Gasteiger partial charge in [0.2, 0.25) is 0 Å². The smallest absolute Gasteiger partial charge is 0.282 e. The molecule has 1 aliphatic rings. The molecule has 0 radical (unpaired) electrons. The number of amides is 2. The Bertz CT molecular complexity index is 1220. The molecule has 0 saturated carbocycles. The van der Waals surface area contributed by atoms with Gasteiger partial charge in [0.1, 0.15) is 17.3 Å². The van der Waals surface area contributed by atoms with Crippen molar-refractivity contribution in [3.63, 3.8) is 0 Å². The number of hydrogen-bond donors (Lipinski definition) is 1. The van der Waals surface area contributed by atoms with Gasteiger partial charge < -0.3 is 10.1 Å². The molecule has 1 N–H and O–H groups in total. The van der Waals surface area contributed by atoms with Gasteiger partial charge in [-0.2, -0.15) is 0 Å². The minimum atomic E-state index is -0.548. The number of nitrogens with one attached hydrogen (secondary N) is 1. The maximum absolute atomic E-state index is 13.5. The molecule has 156 valence electrons. The minimum absolute atomic E-state index is 0.0767. The fourth-order valence-electron chi connectivity index (χ4n) is 3.44. The zero-order valence-corrected chi connectivity index (χ0v) is 17.5. The van der Waals surface area contributed by atoms with E-state index in [0.29, 0.717) is 27.7 Å². The first kappa shape index (κ1) is 20.6. The van der Waals surface area contributed by atoms with Crippen LogP contribution in [0.15, 0.2) is 72.4 Å². The van der Waals surface area contributed by atoms with Crippen LogP contribution in [0.5, 0.6) is 5.75 Å². The summed E-state index contributed by atoms with van der Waals surface area (Å²) in [4.78, 5) is 28.0. The Hall–Kier alpha value is -3.64. The Morgan fingerprint density at radius 1 is 0.935 bits per heavy atom. The fraction of sp³-hybridized carbons (Fsp3) is 0.0833. The lowest BCUT2D eigenvalue weighted by Crippen LogP contribution is -2.32. The average Bonchev–Trinajstić information content (AvgIpc) is 3.01. The largest absolute Gasteiger partial charge is 0.495 e. The third-order valence-electron chi connectivity index (χ3n) is 5.07. The molecule has 3 aromatic rings. The van der Waals surface area contributed by atoms with Gasteiger partial charge in [-0.15, -0.1) is 0 Å². The lowest BCUT2D eigenvalue weighted by atomic mass is 10.0. The molecule has 3 aromatic carbocycles. The highest BCUT2D eigenvalue weighted by Gasteiger charge is 2.41. The van der Waals surface area contributed by atoms with Crippen LogP contribution < -0.4 is 15.0 Å². The molecule has 0 aromatic heterocycles. The summed E-state index contributed by atoms with van der Waals surface area (Å²) in [6, 6.07) is 17.4. The molecule has 4 rings (SSSR count). The van der Waals surface area contributed by atoms with Crippen molar-refractivity contribution in [1.82, 2.24) is 0 Å². The zero-order valence-electron chi connectivity index (χ0n) is 16.8. The number of ether oxygens (including phenoxy) is 1. The first-order valence-corrected chi connectivity index (χ1v) is 9.84. The molecule has 5 nitrogen and oxygen atoms in total. The van der Waals surface area contributed by atoms with Crippen LogP contribution in [-0.2, 0) is 9.59 Å². The maximum atomic E-state index is 13.5. The third kappa shape index (κ3) is 3.66. The standard InChI is InChI=1S/C24H18ClFN2O3/c1-14-17(25)6-5-7-18(14)27-22-21(15-10-12-16(26)13-11-15)23(29)28(24(22)30)19-8-3-4-9-20(19)31-2/h3-13,27H,1-2H3. The van der Waals surface area contributed by atoms with E-state index in [4.69, 9.17) is 16.3 Å². The lowest BCUT2D eigenvalue weighted by Gasteiger charge is -2.18. The van der Waals surface area contributed by atoms with Crippen molar-refractivity contribution >= 4 is 40.4 Å². The second-order valence-electron chi connectivity index (χ2n) is 6.91. The SMILES string of the molecule is COc1ccccc1N1C(=O)C(Nc2cccc(Cl)c2C)=C(c2ccc(F)cc2)C1=O. The quantitative estimate of drug-likeness (QED) is 0.559. The topological polar surface area (TPSA) is 58.6 Å². The van der Waals surface area contributed by atoms with E-state index in [1.54, 1.807) is 42.5 Å². The summed E-state index contributed by atoms with van der Waals surface area (Å²) in [7, 11) is 1.46. The lowest BCUT2D eigenvalue weighted by molar-refractivity contribution is -0.120. The highest BCUT2D eigenvalue weighted by molar-refractivity contribution is 6.46. The average molecular weight is 437 g/mol. The molecule has 7 heteroatoms. The van der Waals surface area contributed by atoms with Gasteiger partial charge in [0.25, 0.3) is 11.8 Å². The van der Waals surface area contributed by atoms with Crippen LogP contribution in [-0.4, -0.2) is 18.9 Å². The predicted molar refractivity (Wildman–Crippen MR) is 119 cm³/mol. The molecule has 1 aliphatic heterocycles. The van der Waals surface area contributed by atoms with Crippen LogP contribution in [0.25, 0.3) is 5.57 Å². The minimum Gasteiger partial charge on any atom is -0.495 e. The van der Waals surface area contributed by atoms with Crippen molar-refractivity contribution in [2.45, 2.75) is 6.92 Å². The number of methoxy groups -OCH3 is 1. The van der Waals surface area contributed by atoms with Crippen LogP contribution in [0.3, 0.4) is 0 Å². The zero-order chi connectivity index (χ0) is 22.1. The van der Waals surface area contributed by atoms with Gasteiger partial charge in [0.15, 0.2) is 0 Å². The number of para-hydroxylation sites is 2. The molecule has 1 heterocycles. The van der Waals surface area contributed by atoms with Crippen LogP contribution in [0.4, 0.5) is 15.8 Å². The Morgan fingerprint density at radius 2 is 1.65 bits per heavy atom. The summed E-state index contributed by atoms with van der Waals surface area (Å²) in [6.07, 6.45) is 0. The molecule has 2 amide bonds. The molecule has 31 heavy (non-hydrogen) atoms. The Balaban J connectivity index is 1.87. The molecule has 0 aliphatic carbocycles. The predicted octanol–water partition coefficient (Wildman–Crippen LogP) is 5.19. The van der Waals surface area contributed by atoms with Gasteiger partial charge in [-0.05, 0) is 54.4 Å². The van der Waals surface area contributed by atoms with Crippen LogP contribution >= 0.6 is 11.6 Å². The molecule has 0 bridgehead atoms. The Labute approximate surface area is 183 Å². The molecule has 0 atom stereocenters. The number of benzene rings is 3. The summed E-state index contributed by atoms with van der Waals surface area (Å²) in [5.74, 6) is -1.15. The van der Waals surface area contributed by atoms with Gasteiger partial charge in [-0.1, -0.05) is 41.9 Å². The number of carbonyl (C=O) groups is 2. The number of halogens is 2. The van der Waals surface area contributed by atoms with Crippen molar-refractivity contribution in [2.75, 3.05) is 17.3 Å². The molecule has 0 saturated heterocycles. The molecule has 0 fully saturated rings. The van der Waals surface area contributed by atoms with E-state index in [-0.39, 0.29) is 11.3 Å². The second kappa shape index (κ2) is 8.24. The normalized spacial score (nSPS) is 13.7. The Morgan fingerprint density at radius 3 is 2.35 bits per heavy atom. The van der Waals surface area contributed by atoms with Crippen LogP contribution in [0.1, 0.15) is 11.1 Å². The van der Waals surface area contributed by atoms with Crippen LogP contribution in [0.2, 0.25) is 5.02 Å². The monoisotopic (exact) mass is 436 g/mol. The first-order chi connectivity index (χ1) is 14.9. The van der Waals surface area contributed by atoms with Crippen molar-refractivity contribution in [3.8, 4) is 5.75 Å². The van der Waals surface area contributed by atoms with E-state index < -0.39 is 17.6 Å². The summed E-state index contributed by atoms with van der Waals surface area (Å²) < 4.78 is 18.9. The number of anilines is 2. The van der Waals surface area contributed by atoms with Crippen molar-refractivity contribution in [1.29, 1.82) is 0 Å². The summed E-state index contributed by atoms with van der Waals surface area (Å²) in [6.45, 7) is 1.81. The van der Waals surface area contributed by atoms with Gasteiger partial charge in [0, 0.05) is 10.7 Å². The Kier molecular flexibility index (Phi) is 5.48. The van der Waals surface area contributed by atoms with Gasteiger partial charge in [0.05, 0.1) is 18.4 Å². The fourth-order valence-corrected chi connectivity index (χ4v) is 3.62. The summed E-state index contributed by atoms with van der Waals surface area (Å²) >= 11 is 6.22. The van der Waals surface area contributed by atoms with Crippen molar-refractivity contribution in [3.05, 3.63) is 94.4 Å². The van der Waals surface area contributed by atoms with Gasteiger partial charge in [-0.25, -0.2) is 9.29 Å². The van der Waals surface area contributed by atoms with Gasteiger partial charge >= 0.3 is 0 Å². The molecular formula is C24H18ClFN2O3. The number of carbonyl (C=O) groups excluding carboxylic acids is 2. The number of hydrogen-bond acceptors (Lipinski definition) is 4. The van der Waals surface area contributed by atoms with E-state index in [1.165, 1.54) is 31.4 Å². The van der Waals surface area contributed by atoms with Gasteiger partial charge in [-0.3, -0.25) is 9.59 Å². The summed E-state index contributed by atoms with van der Waals surface area (Å²) in [5.41, 5.74) is 2.26. The molecular weight excluding hydrogens is 419 g/mol. The van der Waals surface area contributed by atoms with E-state index in [0.717, 1.165) is 10.5 Å². The maximum Gasteiger partial charge on any atom is 0.282 e. The third-order valence-corrected chi connectivity index (χ3v) is 5.48. The van der Waals surface area contributed by atoms with Crippen molar-refractivity contribution < 1.29 is 18.7 Å². The first-order valence-electron chi connectivity index (χ1n) is 9.46. The number of rotatable bonds is 5. The van der Waals surface area contributed by atoms with E-state index in [9.17, 15) is 14.0 Å². The van der Waals surface area contributed by atoms with Crippen LogP contribution in [0, 0.1) is 12.7 Å². The molecule has 0 spiro atoms. The highest BCUT2D eigenvalue weighted by atomic mass is 35.5. The van der Waals surface area contributed by atoms with E-state index in [2.05, 4.69) is 5.32 Å². The van der Waals surface area contributed by atoms with Crippen molar-refractivity contribution in [2.24, 2.45) is 0 Å².